The largest absolute Gasteiger partial charge is 0.369 e. The second kappa shape index (κ2) is 8.65. The number of Topliss-reactive ketones (excluding diaryl/α,β-unsaturated/α-hetero) is 1. The summed E-state index contributed by atoms with van der Waals surface area (Å²) < 4.78 is 0.601. The summed E-state index contributed by atoms with van der Waals surface area (Å²) in [6.45, 7) is 2.49. The van der Waals surface area contributed by atoms with Crippen LogP contribution in [0.25, 0.3) is 0 Å². The van der Waals surface area contributed by atoms with Crippen molar-refractivity contribution in [3.05, 3.63) is 21.3 Å². The molecule has 3 rings (SSSR count). The Hall–Kier alpha value is -0.910. The fourth-order valence-electron chi connectivity index (χ4n) is 4.30. The fourth-order valence-corrected chi connectivity index (χ4v) is 5.34. The molecule has 1 saturated carbocycles. The van der Waals surface area contributed by atoms with Gasteiger partial charge in [0.05, 0.1) is 15.1 Å². The van der Waals surface area contributed by atoms with Gasteiger partial charge in [0, 0.05) is 12.5 Å². The molecule has 2 fully saturated rings. The molecule has 1 amide bonds. The minimum absolute atomic E-state index is 0.0210. The summed E-state index contributed by atoms with van der Waals surface area (Å²) in [5, 5.41) is 0. The number of thiophene rings is 1. The minimum Gasteiger partial charge on any atom is -0.369 e. The van der Waals surface area contributed by atoms with E-state index in [2.05, 4.69) is 4.90 Å². The topological polar surface area (TPSA) is 63.4 Å². The predicted octanol–water partition coefficient (Wildman–Crippen LogP) is 3.98. The number of rotatable bonds is 6. The SMILES string of the molecule is NC(=O)C1CN(CCC2CCCCC2)CCC1C(=O)c1ccc(Cl)s1. The van der Waals surface area contributed by atoms with Gasteiger partial charge in [-0.3, -0.25) is 9.59 Å². The van der Waals surface area contributed by atoms with Gasteiger partial charge in [0.25, 0.3) is 0 Å². The molecule has 1 aromatic rings. The first-order valence-corrected chi connectivity index (χ1v) is 10.5. The number of nitrogens with zero attached hydrogens (tertiary/aromatic N) is 1. The Morgan fingerprint density at radius 2 is 1.92 bits per heavy atom. The van der Waals surface area contributed by atoms with Crippen molar-refractivity contribution in [2.24, 2.45) is 23.5 Å². The number of carbonyl (C=O) groups is 2. The van der Waals surface area contributed by atoms with Gasteiger partial charge in [0.1, 0.15) is 0 Å². The third-order valence-corrected chi connectivity index (χ3v) is 7.04. The molecule has 6 heteroatoms. The van der Waals surface area contributed by atoms with E-state index in [-0.39, 0.29) is 17.6 Å². The highest BCUT2D eigenvalue weighted by molar-refractivity contribution is 7.18. The Morgan fingerprint density at radius 1 is 1.16 bits per heavy atom. The maximum absolute atomic E-state index is 12.8. The molecular formula is C19H27ClN2O2S. The number of primary amides is 1. The van der Waals surface area contributed by atoms with Crippen molar-refractivity contribution in [3.8, 4) is 0 Å². The van der Waals surface area contributed by atoms with E-state index in [1.807, 2.05) is 0 Å². The Morgan fingerprint density at radius 3 is 2.56 bits per heavy atom. The van der Waals surface area contributed by atoms with Gasteiger partial charge in [-0.25, -0.2) is 0 Å². The van der Waals surface area contributed by atoms with Crippen LogP contribution in [-0.2, 0) is 4.79 Å². The van der Waals surface area contributed by atoms with Gasteiger partial charge in [-0.2, -0.15) is 0 Å². The van der Waals surface area contributed by atoms with Gasteiger partial charge in [-0.15, -0.1) is 11.3 Å². The van der Waals surface area contributed by atoms with E-state index >= 15 is 0 Å². The zero-order chi connectivity index (χ0) is 17.8. The molecule has 2 N–H and O–H groups in total. The zero-order valence-electron chi connectivity index (χ0n) is 14.6. The van der Waals surface area contributed by atoms with Crippen LogP contribution >= 0.6 is 22.9 Å². The molecule has 2 unspecified atom stereocenters. The first-order valence-electron chi connectivity index (χ1n) is 9.36. The van der Waals surface area contributed by atoms with Crippen molar-refractivity contribution in [1.29, 1.82) is 0 Å². The van der Waals surface area contributed by atoms with Crippen LogP contribution in [0.1, 0.15) is 54.6 Å². The maximum atomic E-state index is 12.8. The number of halogens is 1. The van der Waals surface area contributed by atoms with Crippen LogP contribution in [0.15, 0.2) is 12.1 Å². The van der Waals surface area contributed by atoms with Crippen molar-refractivity contribution in [2.75, 3.05) is 19.6 Å². The highest BCUT2D eigenvalue weighted by Gasteiger charge is 2.38. The molecule has 2 aliphatic rings. The number of nitrogens with two attached hydrogens (primary N) is 1. The van der Waals surface area contributed by atoms with Crippen LogP contribution in [0.3, 0.4) is 0 Å². The van der Waals surface area contributed by atoms with E-state index in [0.717, 1.165) is 19.0 Å². The first-order chi connectivity index (χ1) is 12.0. The molecule has 0 bridgehead atoms. The molecule has 0 radical (unpaired) electrons. The van der Waals surface area contributed by atoms with Crippen LogP contribution in [-0.4, -0.2) is 36.2 Å². The second-order valence-electron chi connectivity index (χ2n) is 7.47. The molecule has 4 nitrogen and oxygen atoms in total. The predicted molar refractivity (Wildman–Crippen MR) is 102 cm³/mol. The van der Waals surface area contributed by atoms with Gasteiger partial charge < -0.3 is 10.6 Å². The lowest BCUT2D eigenvalue weighted by Gasteiger charge is -2.37. The third kappa shape index (κ3) is 4.83. The fraction of sp³-hybridized carbons (Fsp3) is 0.684. The van der Waals surface area contributed by atoms with Crippen molar-refractivity contribution >= 4 is 34.6 Å². The molecular weight excluding hydrogens is 356 g/mol. The van der Waals surface area contributed by atoms with Crippen LogP contribution in [0.2, 0.25) is 4.34 Å². The number of likely N-dealkylation sites (tertiary alicyclic amines) is 1. The third-order valence-electron chi connectivity index (χ3n) is 5.79. The first kappa shape index (κ1) is 18.9. The number of amides is 1. The van der Waals surface area contributed by atoms with Gasteiger partial charge in [0.15, 0.2) is 5.78 Å². The summed E-state index contributed by atoms with van der Waals surface area (Å²) in [5.41, 5.74) is 5.64. The number of hydrogen-bond donors (Lipinski definition) is 1. The summed E-state index contributed by atoms with van der Waals surface area (Å²) >= 11 is 7.23. The number of hydrogen-bond acceptors (Lipinski definition) is 4. The van der Waals surface area contributed by atoms with E-state index in [4.69, 9.17) is 17.3 Å². The average Bonchev–Trinajstić information content (AvgIpc) is 3.06. The molecule has 2 heterocycles. The Kier molecular flexibility index (Phi) is 6.53. The van der Waals surface area contributed by atoms with Crippen LogP contribution in [0, 0.1) is 17.8 Å². The molecule has 1 aliphatic carbocycles. The molecule has 0 spiro atoms. The molecule has 0 aromatic carbocycles. The van der Waals surface area contributed by atoms with Crippen LogP contribution < -0.4 is 5.73 Å². The number of piperidine rings is 1. The van der Waals surface area contributed by atoms with Crippen LogP contribution in [0.4, 0.5) is 0 Å². The smallest absolute Gasteiger partial charge is 0.222 e. The van der Waals surface area contributed by atoms with Gasteiger partial charge in [-0.1, -0.05) is 43.7 Å². The summed E-state index contributed by atoms with van der Waals surface area (Å²) in [6.07, 6.45) is 8.67. The van der Waals surface area contributed by atoms with Gasteiger partial charge >= 0.3 is 0 Å². The molecule has 25 heavy (non-hydrogen) atoms. The molecule has 138 valence electrons. The van der Waals surface area contributed by atoms with Crippen molar-refractivity contribution in [1.82, 2.24) is 4.90 Å². The number of ketones is 1. The average molecular weight is 383 g/mol. The number of carbonyl (C=O) groups excluding carboxylic acids is 2. The summed E-state index contributed by atoms with van der Waals surface area (Å²) in [5.74, 6) is -0.212. The van der Waals surface area contributed by atoms with E-state index < -0.39 is 5.92 Å². The van der Waals surface area contributed by atoms with E-state index in [1.165, 1.54) is 49.9 Å². The van der Waals surface area contributed by atoms with E-state index in [9.17, 15) is 9.59 Å². The molecule has 2 atom stereocenters. The Balaban J connectivity index is 1.58. The summed E-state index contributed by atoms with van der Waals surface area (Å²) in [7, 11) is 0. The lowest BCUT2D eigenvalue weighted by molar-refractivity contribution is -0.124. The second-order valence-corrected chi connectivity index (χ2v) is 9.18. The van der Waals surface area contributed by atoms with Crippen molar-refractivity contribution < 1.29 is 9.59 Å². The maximum Gasteiger partial charge on any atom is 0.222 e. The highest BCUT2D eigenvalue weighted by atomic mass is 35.5. The van der Waals surface area contributed by atoms with E-state index in [0.29, 0.717) is 22.2 Å². The van der Waals surface area contributed by atoms with Crippen LogP contribution in [0.5, 0.6) is 0 Å². The molecule has 1 aliphatic heterocycles. The van der Waals surface area contributed by atoms with Gasteiger partial charge in [0.2, 0.25) is 5.91 Å². The quantitative estimate of drug-likeness (QED) is 0.757. The van der Waals surface area contributed by atoms with Crippen molar-refractivity contribution in [2.45, 2.75) is 44.9 Å². The lowest BCUT2D eigenvalue weighted by Crippen LogP contribution is -2.48. The minimum atomic E-state index is -0.395. The normalized spacial score (nSPS) is 25.8. The van der Waals surface area contributed by atoms with E-state index in [1.54, 1.807) is 12.1 Å². The van der Waals surface area contributed by atoms with Gasteiger partial charge in [-0.05, 0) is 44.0 Å². The lowest BCUT2D eigenvalue weighted by atomic mass is 9.81. The summed E-state index contributed by atoms with van der Waals surface area (Å²) in [6, 6.07) is 3.49. The standard InChI is InChI=1S/C19H27ClN2O2S/c20-17-7-6-16(25-17)18(23)14-9-11-22(12-15(14)19(21)24)10-8-13-4-2-1-3-5-13/h6-7,13-15H,1-5,8-12H2,(H2,21,24). The van der Waals surface area contributed by atoms with Crippen molar-refractivity contribution in [3.63, 3.8) is 0 Å². The molecule has 1 saturated heterocycles. The Labute approximate surface area is 158 Å². The summed E-state index contributed by atoms with van der Waals surface area (Å²) in [4.78, 5) is 27.7. The zero-order valence-corrected chi connectivity index (χ0v) is 16.2. The Bertz CT molecular complexity index is 612. The monoisotopic (exact) mass is 382 g/mol. The molecule has 1 aromatic heterocycles. The highest BCUT2D eigenvalue weighted by Crippen LogP contribution is 2.32.